The number of hydrogen-bond acceptors (Lipinski definition) is 4. The van der Waals surface area contributed by atoms with Crippen LogP contribution in [0.5, 0.6) is 11.5 Å². The molecule has 29 heavy (non-hydrogen) atoms. The van der Waals surface area contributed by atoms with Crippen molar-refractivity contribution in [2.75, 3.05) is 7.11 Å². The number of carbonyl (C=O) groups excluding carboxylic acids is 1. The SMILES string of the molecule is COc1cc(/C=C/c2ccncc2)ccc1OC(=O)c1ccc(C(F)(F)F)cc1. The maximum atomic E-state index is 12.6. The Hall–Kier alpha value is -3.61. The quantitative estimate of drug-likeness (QED) is 0.420. The molecule has 4 nitrogen and oxygen atoms in total. The van der Waals surface area contributed by atoms with E-state index < -0.39 is 17.7 Å². The first-order valence-electron chi connectivity index (χ1n) is 8.52. The van der Waals surface area contributed by atoms with E-state index in [1.807, 2.05) is 24.3 Å². The maximum Gasteiger partial charge on any atom is 0.416 e. The average molecular weight is 399 g/mol. The fourth-order valence-electron chi connectivity index (χ4n) is 2.49. The molecule has 1 aromatic heterocycles. The number of ether oxygens (including phenoxy) is 2. The minimum atomic E-state index is -4.47. The average Bonchev–Trinajstić information content (AvgIpc) is 2.73. The van der Waals surface area contributed by atoms with Crippen LogP contribution in [0.4, 0.5) is 13.2 Å². The van der Waals surface area contributed by atoms with Crippen LogP contribution in [0.1, 0.15) is 27.0 Å². The van der Waals surface area contributed by atoms with Gasteiger partial charge in [0.05, 0.1) is 18.2 Å². The van der Waals surface area contributed by atoms with Gasteiger partial charge in [-0.1, -0.05) is 18.2 Å². The van der Waals surface area contributed by atoms with Crippen molar-refractivity contribution in [3.63, 3.8) is 0 Å². The number of pyridine rings is 1. The largest absolute Gasteiger partial charge is 0.493 e. The van der Waals surface area contributed by atoms with E-state index in [4.69, 9.17) is 9.47 Å². The molecule has 3 rings (SSSR count). The first kappa shape index (κ1) is 20.1. The Labute approximate surface area is 165 Å². The van der Waals surface area contributed by atoms with E-state index in [1.54, 1.807) is 30.6 Å². The zero-order valence-corrected chi connectivity index (χ0v) is 15.3. The topological polar surface area (TPSA) is 48.4 Å². The number of nitrogens with zero attached hydrogens (tertiary/aromatic N) is 1. The number of carbonyl (C=O) groups is 1. The molecule has 0 unspecified atom stereocenters. The lowest BCUT2D eigenvalue weighted by Crippen LogP contribution is -2.11. The molecule has 0 aliphatic carbocycles. The molecule has 0 saturated heterocycles. The normalized spacial score (nSPS) is 11.4. The van der Waals surface area contributed by atoms with E-state index in [2.05, 4.69) is 4.98 Å². The van der Waals surface area contributed by atoms with E-state index in [0.29, 0.717) is 5.75 Å². The smallest absolute Gasteiger partial charge is 0.416 e. The fraction of sp³-hybridized carbons (Fsp3) is 0.0909. The van der Waals surface area contributed by atoms with Gasteiger partial charge in [-0.2, -0.15) is 13.2 Å². The molecule has 0 bridgehead atoms. The summed E-state index contributed by atoms with van der Waals surface area (Å²) in [5.41, 5.74) is 0.948. The van der Waals surface area contributed by atoms with Crippen molar-refractivity contribution in [3.8, 4) is 11.5 Å². The molecule has 7 heteroatoms. The van der Waals surface area contributed by atoms with Crippen LogP contribution >= 0.6 is 0 Å². The van der Waals surface area contributed by atoms with Gasteiger partial charge in [0.15, 0.2) is 11.5 Å². The molecule has 0 fully saturated rings. The summed E-state index contributed by atoms with van der Waals surface area (Å²) in [5, 5.41) is 0. The lowest BCUT2D eigenvalue weighted by Gasteiger charge is -2.11. The Bertz CT molecular complexity index is 1010. The van der Waals surface area contributed by atoms with Gasteiger partial charge in [0.2, 0.25) is 0 Å². The summed E-state index contributed by atoms with van der Waals surface area (Å²) in [6.07, 6.45) is 2.66. The number of methoxy groups -OCH3 is 1. The summed E-state index contributed by atoms with van der Waals surface area (Å²) >= 11 is 0. The van der Waals surface area contributed by atoms with Gasteiger partial charge in [-0.25, -0.2) is 4.79 Å². The lowest BCUT2D eigenvalue weighted by molar-refractivity contribution is -0.137. The number of esters is 1. The predicted molar refractivity (Wildman–Crippen MR) is 103 cm³/mol. The molecule has 2 aromatic carbocycles. The Morgan fingerprint density at radius 3 is 2.17 bits per heavy atom. The minimum absolute atomic E-state index is 0.00159. The van der Waals surface area contributed by atoms with Gasteiger partial charge in [0.1, 0.15) is 0 Å². The summed E-state index contributed by atoms with van der Waals surface area (Å²) in [6, 6.07) is 12.5. The van der Waals surface area contributed by atoms with Gasteiger partial charge in [-0.15, -0.1) is 0 Å². The summed E-state index contributed by atoms with van der Waals surface area (Å²) in [5.74, 6) is -0.294. The number of alkyl halides is 3. The Morgan fingerprint density at radius 1 is 0.897 bits per heavy atom. The fourth-order valence-corrected chi connectivity index (χ4v) is 2.49. The van der Waals surface area contributed by atoms with Crippen LogP contribution in [0.3, 0.4) is 0 Å². The molecular weight excluding hydrogens is 383 g/mol. The van der Waals surface area contributed by atoms with Crippen molar-refractivity contribution in [2.45, 2.75) is 6.18 Å². The molecule has 3 aromatic rings. The molecular formula is C22H16F3NO3. The highest BCUT2D eigenvalue weighted by atomic mass is 19.4. The summed E-state index contributed by atoms with van der Waals surface area (Å²) in [4.78, 5) is 16.2. The monoisotopic (exact) mass is 399 g/mol. The molecule has 1 heterocycles. The van der Waals surface area contributed by atoms with Crippen molar-refractivity contribution in [2.24, 2.45) is 0 Å². The van der Waals surface area contributed by atoms with E-state index in [1.165, 1.54) is 7.11 Å². The van der Waals surface area contributed by atoms with Gasteiger partial charge >= 0.3 is 12.1 Å². The van der Waals surface area contributed by atoms with Gasteiger partial charge < -0.3 is 9.47 Å². The number of rotatable bonds is 5. The Kier molecular flexibility index (Phi) is 5.97. The van der Waals surface area contributed by atoms with E-state index in [0.717, 1.165) is 35.4 Å². The van der Waals surface area contributed by atoms with Crippen LogP contribution in [0.2, 0.25) is 0 Å². The highest BCUT2D eigenvalue weighted by molar-refractivity contribution is 5.91. The van der Waals surface area contributed by atoms with Gasteiger partial charge in [0, 0.05) is 12.4 Å². The lowest BCUT2D eigenvalue weighted by atomic mass is 10.1. The zero-order valence-electron chi connectivity index (χ0n) is 15.3. The van der Waals surface area contributed by atoms with Crippen molar-refractivity contribution in [1.29, 1.82) is 0 Å². The van der Waals surface area contributed by atoms with Crippen LogP contribution in [0, 0.1) is 0 Å². The molecule has 0 aliphatic heterocycles. The van der Waals surface area contributed by atoms with E-state index in [-0.39, 0.29) is 11.3 Å². The Balaban J connectivity index is 1.75. The third kappa shape index (κ3) is 5.22. The Morgan fingerprint density at radius 2 is 1.55 bits per heavy atom. The molecule has 0 atom stereocenters. The van der Waals surface area contributed by atoms with Crippen LogP contribution in [0.25, 0.3) is 12.2 Å². The molecule has 0 aliphatic rings. The molecule has 0 radical (unpaired) electrons. The maximum absolute atomic E-state index is 12.6. The number of benzene rings is 2. The zero-order chi connectivity index (χ0) is 20.9. The van der Waals surface area contributed by atoms with E-state index in [9.17, 15) is 18.0 Å². The first-order valence-corrected chi connectivity index (χ1v) is 8.52. The summed E-state index contributed by atoms with van der Waals surface area (Å²) < 4.78 is 48.5. The van der Waals surface area contributed by atoms with Gasteiger partial charge in [-0.05, 0) is 59.7 Å². The third-order valence-electron chi connectivity index (χ3n) is 4.01. The summed E-state index contributed by atoms with van der Waals surface area (Å²) in [7, 11) is 1.43. The first-order chi connectivity index (χ1) is 13.9. The van der Waals surface area contributed by atoms with Gasteiger partial charge in [-0.3, -0.25) is 4.98 Å². The van der Waals surface area contributed by atoms with Crippen molar-refractivity contribution < 1.29 is 27.4 Å². The van der Waals surface area contributed by atoms with E-state index >= 15 is 0 Å². The van der Waals surface area contributed by atoms with Crippen LogP contribution in [-0.4, -0.2) is 18.1 Å². The number of halogens is 3. The second kappa shape index (κ2) is 8.60. The van der Waals surface area contributed by atoms with Crippen LogP contribution in [-0.2, 0) is 6.18 Å². The van der Waals surface area contributed by atoms with Gasteiger partial charge in [0.25, 0.3) is 0 Å². The number of aromatic nitrogens is 1. The molecule has 0 amide bonds. The second-order valence-electron chi connectivity index (χ2n) is 5.99. The highest BCUT2D eigenvalue weighted by Crippen LogP contribution is 2.31. The molecule has 0 N–H and O–H groups in total. The van der Waals surface area contributed by atoms with Crippen molar-refractivity contribution >= 4 is 18.1 Å². The summed E-state index contributed by atoms with van der Waals surface area (Å²) in [6.45, 7) is 0. The molecule has 0 spiro atoms. The van der Waals surface area contributed by atoms with Crippen molar-refractivity contribution in [1.82, 2.24) is 4.98 Å². The van der Waals surface area contributed by atoms with Crippen LogP contribution in [0.15, 0.2) is 67.0 Å². The molecule has 0 saturated carbocycles. The second-order valence-corrected chi connectivity index (χ2v) is 5.99. The predicted octanol–water partition coefficient (Wildman–Crippen LogP) is 5.50. The highest BCUT2D eigenvalue weighted by Gasteiger charge is 2.30. The minimum Gasteiger partial charge on any atom is -0.493 e. The third-order valence-corrected chi connectivity index (χ3v) is 4.01. The van der Waals surface area contributed by atoms with Crippen LogP contribution < -0.4 is 9.47 Å². The standard InChI is InChI=1S/C22H16F3NO3/c1-28-20-14-16(3-2-15-10-12-26-13-11-15)4-9-19(20)29-21(27)17-5-7-18(8-6-17)22(23,24)25/h2-14H,1H3/b3-2+. The number of hydrogen-bond donors (Lipinski definition) is 0. The molecule has 148 valence electrons. The van der Waals surface area contributed by atoms with Crippen molar-refractivity contribution in [3.05, 3.63) is 89.2 Å².